The van der Waals surface area contributed by atoms with Crippen LogP contribution < -0.4 is 10.1 Å². The van der Waals surface area contributed by atoms with Crippen LogP contribution in [0.3, 0.4) is 0 Å². The molecule has 22 heavy (non-hydrogen) atoms. The summed E-state index contributed by atoms with van der Waals surface area (Å²) in [7, 11) is 3.21. The zero-order valence-corrected chi connectivity index (χ0v) is 13.8. The van der Waals surface area contributed by atoms with Gasteiger partial charge in [0.1, 0.15) is 5.75 Å². The summed E-state index contributed by atoms with van der Waals surface area (Å²) in [6.45, 7) is 6.18. The minimum absolute atomic E-state index is 0.123. The number of hydrogen-bond donors (Lipinski definition) is 1. The van der Waals surface area contributed by atoms with Gasteiger partial charge in [0.2, 0.25) is 0 Å². The third kappa shape index (κ3) is 6.32. The second kappa shape index (κ2) is 10.0. The predicted molar refractivity (Wildman–Crippen MR) is 85.3 cm³/mol. The van der Waals surface area contributed by atoms with Gasteiger partial charge in [-0.15, -0.1) is 0 Å². The number of rotatable bonds is 9. The van der Waals surface area contributed by atoms with Crippen LogP contribution in [0.1, 0.15) is 11.1 Å². The van der Waals surface area contributed by atoms with E-state index >= 15 is 0 Å². The van der Waals surface area contributed by atoms with Crippen LogP contribution >= 0.6 is 0 Å². The van der Waals surface area contributed by atoms with Crippen molar-refractivity contribution < 1.29 is 19.0 Å². The fourth-order valence-corrected chi connectivity index (χ4v) is 1.81. The quantitative estimate of drug-likeness (QED) is 0.708. The van der Waals surface area contributed by atoms with Crippen LogP contribution in [0.5, 0.6) is 5.75 Å². The van der Waals surface area contributed by atoms with E-state index in [1.807, 2.05) is 32.0 Å². The van der Waals surface area contributed by atoms with Crippen molar-refractivity contribution in [2.24, 2.45) is 0 Å². The summed E-state index contributed by atoms with van der Waals surface area (Å²) in [5.41, 5.74) is 2.37. The Balaban J connectivity index is 2.42. The molecule has 1 aromatic rings. The Morgan fingerprint density at radius 2 is 1.73 bits per heavy atom. The van der Waals surface area contributed by atoms with Crippen LogP contribution in [0.2, 0.25) is 0 Å². The highest BCUT2D eigenvalue weighted by molar-refractivity contribution is 5.74. The first-order valence-electron chi connectivity index (χ1n) is 7.29. The van der Waals surface area contributed by atoms with Crippen LogP contribution in [0, 0.1) is 13.8 Å². The summed E-state index contributed by atoms with van der Waals surface area (Å²) >= 11 is 0. The maximum atomic E-state index is 12.1. The van der Waals surface area contributed by atoms with Gasteiger partial charge in [-0.2, -0.15) is 0 Å². The van der Waals surface area contributed by atoms with Gasteiger partial charge >= 0.3 is 6.03 Å². The number of nitrogens with zero attached hydrogens (tertiary/aromatic N) is 1. The van der Waals surface area contributed by atoms with E-state index in [1.165, 1.54) is 5.56 Å². The van der Waals surface area contributed by atoms with Gasteiger partial charge in [-0.3, -0.25) is 0 Å². The fourth-order valence-electron chi connectivity index (χ4n) is 1.81. The highest BCUT2D eigenvalue weighted by atomic mass is 16.5. The lowest BCUT2D eigenvalue weighted by molar-refractivity contribution is 0.119. The second-order valence-corrected chi connectivity index (χ2v) is 4.99. The maximum Gasteiger partial charge on any atom is 0.320 e. The Morgan fingerprint density at radius 1 is 1.09 bits per heavy atom. The first-order chi connectivity index (χ1) is 10.6. The highest BCUT2D eigenvalue weighted by Gasteiger charge is 2.12. The molecular formula is C16H26N2O4. The van der Waals surface area contributed by atoms with Gasteiger partial charge in [-0.25, -0.2) is 4.79 Å². The van der Waals surface area contributed by atoms with Crippen LogP contribution in [0.4, 0.5) is 4.79 Å². The molecule has 0 unspecified atom stereocenters. The number of amides is 2. The normalized spacial score (nSPS) is 10.4. The molecule has 0 bridgehead atoms. The second-order valence-electron chi connectivity index (χ2n) is 4.99. The third-order valence-electron chi connectivity index (χ3n) is 3.36. The summed E-state index contributed by atoms with van der Waals surface area (Å²) in [5, 5.41) is 2.74. The van der Waals surface area contributed by atoms with E-state index in [9.17, 15) is 4.79 Å². The molecule has 0 aliphatic rings. The highest BCUT2D eigenvalue weighted by Crippen LogP contribution is 2.15. The number of carbonyl (C=O) groups is 1. The molecule has 1 N–H and O–H groups in total. The van der Waals surface area contributed by atoms with E-state index in [2.05, 4.69) is 5.32 Å². The molecule has 1 rings (SSSR count). The third-order valence-corrected chi connectivity index (χ3v) is 3.36. The lowest BCUT2D eigenvalue weighted by Crippen LogP contribution is -2.44. The summed E-state index contributed by atoms with van der Waals surface area (Å²) < 4.78 is 15.6. The van der Waals surface area contributed by atoms with Gasteiger partial charge in [-0.1, -0.05) is 6.07 Å². The van der Waals surface area contributed by atoms with Gasteiger partial charge in [0.25, 0.3) is 0 Å². The molecule has 0 aromatic heterocycles. The van der Waals surface area contributed by atoms with E-state index in [1.54, 1.807) is 19.1 Å². The number of nitrogens with one attached hydrogen (secondary N) is 1. The average molecular weight is 310 g/mol. The molecule has 0 fully saturated rings. The molecule has 6 nitrogen and oxygen atoms in total. The van der Waals surface area contributed by atoms with Crippen LogP contribution in [0.15, 0.2) is 18.2 Å². The largest absolute Gasteiger partial charge is 0.473 e. The average Bonchev–Trinajstić information content (AvgIpc) is 2.51. The van der Waals surface area contributed by atoms with Crippen molar-refractivity contribution >= 4 is 6.03 Å². The molecule has 0 aliphatic carbocycles. The van der Waals surface area contributed by atoms with Gasteiger partial charge in [0, 0.05) is 27.3 Å². The number of hydrogen-bond acceptors (Lipinski definition) is 4. The van der Waals surface area contributed by atoms with Crippen molar-refractivity contribution in [2.45, 2.75) is 13.8 Å². The summed E-state index contributed by atoms with van der Waals surface area (Å²) in [6.07, 6.45) is 0. The SMILES string of the molecule is COCCN(CCOC)C(=O)NCOc1ccc(C)c(C)c1. The zero-order valence-electron chi connectivity index (χ0n) is 13.8. The molecule has 0 spiro atoms. The van der Waals surface area contributed by atoms with Crippen LogP contribution in [-0.4, -0.2) is 58.2 Å². The minimum atomic E-state index is -0.196. The number of carbonyl (C=O) groups excluding carboxylic acids is 1. The molecule has 2 amide bonds. The predicted octanol–water partition coefficient (Wildman–Crippen LogP) is 1.94. The number of benzene rings is 1. The number of ether oxygens (including phenoxy) is 3. The number of aryl methyl sites for hydroxylation is 2. The minimum Gasteiger partial charge on any atom is -0.473 e. The van der Waals surface area contributed by atoms with Crippen molar-refractivity contribution in [3.63, 3.8) is 0 Å². The molecule has 0 saturated heterocycles. The molecule has 0 saturated carbocycles. The fraction of sp³-hybridized carbons (Fsp3) is 0.562. The summed E-state index contributed by atoms with van der Waals surface area (Å²) in [4.78, 5) is 13.7. The monoisotopic (exact) mass is 310 g/mol. The van der Waals surface area contributed by atoms with Crippen molar-refractivity contribution in [1.29, 1.82) is 0 Å². The van der Waals surface area contributed by atoms with E-state index < -0.39 is 0 Å². The smallest absolute Gasteiger partial charge is 0.320 e. The Bertz CT molecular complexity index is 457. The van der Waals surface area contributed by atoms with Crippen molar-refractivity contribution in [1.82, 2.24) is 10.2 Å². The van der Waals surface area contributed by atoms with Crippen LogP contribution in [0.25, 0.3) is 0 Å². The molecule has 0 heterocycles. The van der Waals surface area contributed by atoms with Crippen molar-refractivity contribution in [3.8, 4) is 5.75 Å². The molecule has 0 atom stereocenters. The van der Waals surface area contributed by atoms with Gasteiger partial charge in [0.05, 0.1) is 13.2 Å². The Hall–Kier alpha value is -1.79. The standard InChI is InChI=1S/C16H26N2O4/c1-13-5-6-15(11-14(13)2)22-12-17-16(19)18(7-9-20-3)8-10-21-4/h5-6,11H,7-10,12H2,1-4H3,(H,17,19). The molecule has 0 radical (unpaired) electrons. The zero-order chi connectivity index (χ0) is 16.4. The molecule has 124 valence electrons. The molecule has 1 aromatic carbocycles. The van der Waals surface area contributed by atoms with Gasteiger partial charge in [-0.05, 0) is 37.1 Å². The number of urea groups is 1. The van der Waals surface area contributed by atoms with E-state index in [-0.39, 0.29) is 12.8 Å². The molecule has 6 heteroatoms. The first kappa shape index (κ1) is 18.3. The lowest BCUT2D eigenvalue weighted by atomic mass is 10.1. The van der Waals surface area contributed by atoms with Gasteiger partial charge < -0.3 is 24.4 Å². The topological polar surface area (TPSA) is 60.0 Å². The Labute approximate surface area is 132 Å². The van der Waals surface area contributed by atoms with Crippen LogP contribution in [-0.2, 0) is 9.47 Å². The van der Waals surface area contributed by atoms with Crippen molar-refractivity contribution in [2.75, 3.05) is 47.3 Å². The number of methoxy groups -OCH3 is 2. The van der Waals surface area contributed by atoms with E-state index in [0.29, 0.717) is 26.3 Å². The molecule has 0 aliphatic heterocycles. The van der Waals surface area contributed by atoms with E-state index in [0.717, 1.165) is 11.3 Å². The Morgan fingerprint density at radius 3 is 2.27 bits per heavy atom. The first-order valence-corrected chi connectivity index (χ1v) is 7.29. The summed E-state index contributed by atoms with van der Waals surface area (Å²) in [6, 6.07) is 5.64. The van der Waals surface area contributed by atoms with E-state index in [4.69, 9.17) is 14.2 Å². The maximum absolute atomic E-state index is 12.1. The lowest BCUT2D eigenvalue weighted by Gasteiger charge is -2.22. The summed E-state index contributed by atoms with van der Waals surface area (Å²) in [5.74, 6) is 0.740. The Kier molecular flexibility index (Phi) is 8.32. The van der Waals surface area contributed by atoms with Crippen molar-refractivity contribution in [3.05, 3.63) is 29.3 Å². The molecular weight excluding hydrogens is 284 g/mol. The van der Waals surface area contributed by atoms with Gasteiger partial charge in [0.15, 0.2) is 6.73 Å².